The second-order valence-corrected chi connectivity index (χ2v) is 7.01. The van der Waals surface area contributed by atoms with Crippen molar-refractivity contribution in [2.75, 3.05) is 26.3 Å². The van der Waals surface area contributed by atoms with Gasteiger partial charge < -0.3 is 14.6 Å². The molecule has 2 aliphatic rings. The van der Waals surface area contributed by atoms with Crippen LogP contribution in [0.2, 0.25) is 0 Å². The number of amides is 1. The topological polar surface area (TPSA) is 72.3 Å². The van der Waals surface area contributed by atoms with Gasteiger partial charge in [-0.3, -0.25) is 9.69 Å². The minimum Gasteiger partial charge on any atom is -0.381 e. The monoisotopic (exact) mass is 321 g/mol. The van der Waals surface area contributed by atoms with Crippen LogP contribution in [0.25, 0.3) is 0 Å². The fourth-order valence-electron chi connectivity index (χ4n) is 3.76. The summed E-state index contributed by atoms with van der Waals surface area (Å²) in [5.41, 5.74) is 0. The number of aromatic nitrogens is 3. The van der Waals surface area contributed by atoms with Crippen molar-refractivity contribution in [2.45, 2.75) is 45.3 Å². The summed E-state index contributed by atoms with van der Waals surface area (Å²) in [4.78, 5) is 14.8. The Kier molecular flexibility index (Phi) is 5.27. The van der Waals surface area contributed by atoms with E-state index < -0.39 is 0 Å². The molecule has 0 unspecified atom stereocenters. The molecule has 3 heterocycles. The molecule has 2 atom stereocenters. The van der Waals surface area contributed by atoms with E-state index in [2.05, 4.69) is 34.3 Å². The smallest absolute Gasteiger partial charge is 0.240 e. The van der Waals surface area contributed by atoms with E-state index in [0.29, 0.717) is 17.9 Å². The third-order valence-corrected chi connectivity index (χ3v) is 5.10. The second-order valence-electron chi connectivity index (χ2n) is 7.01. The van der Waals surface area contributed by atoms with Crippen LogP contribution in [0.3, 0.4) is 0 Å². The molecule has 1 amide bonds. The average molecular weight is 321 g/mol. The Morgan fingerprint density at radius 1 is 1.26 bits per heavy atom. The molecule has 0 aliphatic carbocycles. The van der Waals surface area contributed by atoms with Crippen LogP contribution < -0.4 is 5.32 Å². The molecule has 1 aromatic heterocycles. The van der Waals surface area contributed by atoms with Crippen LogP contribution in [0.15, 0.2) is 12.7 Å². The lowest BCUT2D eigenvalue weighted by molar-refractivity contribution is -0.122. The van der Waals surface area contributed by atoms with Crippen molar-refractivity contribution in [1.29, 1.82) is 0 Å². The minimum atomic E-state index is 0.0364. The number of ether oxygens (including phenoxy) is 1. The summed E-state index contributed by atoms with van der Waals surface area (Å²) in [6.07, 6.45) is 5.35. The number of hydrogen-bond donors (Lipinski definition) is 1. The van der Waals surface area contributed by atoms with Gasteiger partial charge >= 0.3 is 0 Å². The number of hydrogen-bond acceptors (Lipinski definition) is 5. The largest absolute Gasteiger partial charge is 0.381 e. The first-order chi connectivity index (χ1) is 11.1. The zero-order chi connectivity index (χ0) is 16.2. The second kappa shape index (κ2) is 7.40. The molecule has 0 radical (unpaired) electrons. The Bertz CT molecular complexity index is 499. The van der Waals surface area contributed by atoms with Crippen LogP contribution in [-0.2, 0) is 16.1 Å². The summed E-state index contributed by atoms with van der Waals surface area (Å²) < 4.78 is 7.17. The van der Waals surface area contributed by atoms with Gasteiger partial charge in [0, 0.05) is 38.4 Å². The minimum absolute atomic E-state index is 0.0364. The van der Waals surface area contributed by atoms with E-state index in [1.54, 1.807) is 17.2 Å². The number of likely N-dealkylation sites (tertiary alicyclic amines) is 1. The molecule has 3 rings (SSSR count). The van der Waals surface area contributed by atoms with E-state index in [0.717, 1.165) is 39.1 Å². The SMILES string of the molecule is CC(C)[C@H]1CN(C2CCOCC2)C[C@@H]1NC(=O)Cn1cnnc1. The van der Waals surface area contributed by atoms with E-state index in [1.165, 1.54) is 0 Å². The number of carbonyl (C=O) groups excluding carboxylic acids is 1. The molecule has 0 saturated carbocycles. The van der Waals surface area contributed by atoms with E-state index >= 15 is 0 Å². The fraction of sp³-hybridized carbons (Fsp3) is 0.812. The normalized spacial score (nSPS) is 26.7. The Balaban J connectivity index is 1.58. The molecule has 1 aromatic rings. The molecule has 2 fully saturated rings. The first-order valence-electron chi connectivity index (χ1n) is 8.57. The Morgan fingerprint density at radius 3 is 2.61 bits per heavy atom. The number of nitrogens with one attached hydrogen (secondary N) is 1. The van der Waals surface area contributed by atoms with E-state index in [1.807, 2.05) is 0 Å². The molecule has 2 aliphatic heterocycles. The number of nitrogens with zero attached hydrogens (tertiary/aromatic N) is 4. The van der Waals surface area contributed by atoms with Crippen molar-refractivity contribution in [3.63, 3.8) is 0 Å². The van der Waals surface area contributed by atoms with Gasteiger partial charge in [-0.1, -0.05) is 13.8 Å². The molecule has 0 bridgehead atoms. The van der Waals surface area contributed by atoms with Gasteiger partial charge in [0.25, 0.3) is 0 Å². The third-order valence-electron chi connectivity index (χ3n) is 5.10. The highest BCUT2D eigenvalue weighted by Gasteiger charge is 2.38. The van der Waals surface area contributed by atoms with Crippen molar-refractivity contribution in [1.82, 2.24) is 25.0 Å². The first kappa shape index (κ1) is 16.4. The van der Waals surface area contributed by atoms with Crippen molar-refractivity contribution >= 4 is 5.91 Å². The van der Waals surface area contributed by atoms with Crippen LogP contribution in [0.1, 0.15) is 26.7 Å². The van der Waals surface area contributed by atoms with Gasteiger partial charge in [0.15, 0.2) is 0 Å². The van der Waals surface area contributed by atoms with Crippen molar-refractivity contribution in [2.24, 2.45) is 11.8 Å². The van der Waals surface area contributed by atoms with Crippen LogP contribution in [0.5, 0.6) is 0 Å². The van der Waals surface area contributed by atoms with Gasteiger partial charge in [0.05, 0.1) is 0 Å². The average Bonchev–Trinajstić information content (AvgIpc) is 3.18. The van der Waals surface area contributed by atoms with Gasteiger partial charge in [-0.2, -0.15) is 0 Å². The maximum absolute atomic E-state index is 12.3. The molecular weight excluding hydrogens is 294 g/mol. The molecule has 2 saturated heterocycles. The molecule has 7 heteroatoms. The van der Waals surface area contributed by atoms with E-state index in [4.69, 9.17) is 4.74 Å². The summed E-state index contributed by atoms with van der Waals surface area (Å²) in [7, 11) is 0. The highest BCUT2D eigenvalue weighted by atomic mass is 16.5. The molecule has 7 nitrogen and oxygen atoms in total. The Morgan fingerprint density at radius 2 is 1.96 bits per heavy atom. The molecule has 0 aromatic carbocycles. The molecule has 23 heavy (non-hydrogen) atoms. The molecule has 1 N–H and O–H groups in total. The maximum atomic E-state index is 12.3. The zero-order valence-corrected chi connectivity index (χ0v) is 14.0. The fourth-order valence-corrected chi connectivity index (χ4v) is 3.76. The predicted molar refractivity (Wildman–Crippen MR) is 85.7 cm³/mol. The lowest BCUT2D eigenvalue weighted by atomic mass is 9.91. The highest BCUT2D eigenvalue weighted by molar-refractivity contribution is 5.76. The van der Waals surface area contributed by atoms with Crippen molar-refractivity contribution in [3.8, 4) is 0 Å². The van der Waals surface area contributed by atoms with Gasteiger partial charge in [-0.25, -0.2) is 0 Å². The lowest BCUT2D eigenvalue weighted by Crippen LogP contribution is -2.44. The maximum Gasteiger partial charge on any atom is 0.240 e. The Labute approximate surface area is 137 Å². The van der Waals surface area contributed by atoms with Gasteiger partial charge in [-0.15, -0.1) is 10.2 Å². The zero-order valence-electron chi connectivity index (χ0n) is 14.0. The van der Waals surface area contributed by atoms with E-state index in [-0.39, 0.29) is 18.5 Å². The number of carbonyl (C=O) groups is 1. The lowest BCUT2D eigenvalue weighted by Gasteiger charge is -2.31. The third kappa shape index (κ3) is 4.09. The summed E-state index contributed by atoms with van der Waals surface area (Å²) in [6.45, 7) is 8.51. The molecule has 0 spiro atoms. The van der Waals surface area contributed by atoms with Crippen molar-refractivity contribution < 1.29 is 9.53 Å². The van der Waals surface area contributed by atoms with Crippen LogP contribution in [0, 0.1) is 11.8 Å². The molecule has 128 valence electrons. The number of rotatable bonds is 5. The first-order valence-corrected chi connectivity index (χ1v) is 8.57. The van der Waals surface area contributed by atoms with Gasteiger partial charge in [-0.05, 0) is 24.7 Å². The summed E-state index contributed by atoms with van der Waals surface area (Å²) in [5, 5.41) is 10.7. The van der Waals surface area contributed by atoms with Crippen LogP contribution >= 0.6 is 0 Å². The van der Waals surface area contributed by atoms with Crippen LogP contribution in [0.4, 0.5) is 0 Å². The summed E-state index contributed by atoms with van der Waals surface area (Å²) >= 11 is 0. The highest BCUT2D eigenvalue weighted by Crippen LogP contribution is 2.28. The van der Waals surface area contributed by atoms with E-state index in [9.17, 15) is 4.79 Å². The van der Waals surface area contributed by atoms with Gasteiger partial charge in [0.1, 0.15) is 19.2 Å². The summed E-state index contributed by atoms with van der Waals surface area (Å²) in [6, 6.07) is 0.826. The van der Waals surface area contributed by atoms with Crippen LogP contribution in [-0.4, -0.2) is 64.0 Å². The quantitative estimate of drug-likeness (QED) is 0.856. The Hall–Kier alpha value is -1.47. The predicted octanol–water partition coefficient (Wildman–Crippen LogP) is 0.530. The summed E-state index contributed by atoms with van der Waals surface area (Å²) in [5.74, 6) is 1.09. The van der Waals surface area contributed by atoms with Gasteiger partial charge in [0.2, 0.25) is 5.91 Å². The van der Waals surface area contributed by atoms with Crippen molar-refractivity contribution in [3.05, 3.63) is 12.7 Å². The molecular formula is C16H27N5O2. The standard InChI is InChI=1S/C16H27N5O2/c1-12(2)14-7-21(13-3-5-23-6-4-13)8-15(14)19-16(22)9-20-10-17-18-11-20/h10-15H,3-9H2,1-2H3,(H,19,22)/t14-,15+/m1/s1.